The average molecular weight is 311 g/mol. The normalized spacial score (nSPS) is 10.2. The van der Waals surface area contributed by atoms with Crippen LogP contribution in [0.3, 0.4) is 0 Å². The Morgan fingerprint density at radius 2 is 2.00 bits per heavy atom. The van der Waals surface area contributed by atoms with E-state index in [1.807, 2.05) is 18.2 Å². The maximum atomic E-state index is 11.6. The van der Waals surface area contributed by atoms with E-state index in [2.05, 4.69) is 12.2 Å². The molecule has 0 bridgehead atoms. The van der Waals surface area contributed by atoms with Crippen molar-refractivity contribution in [2.24, 2.45) is 0 Å². The number of rotatable bonds is 10. The van der Waals surface area contributed by atoms with Gasteiger partial charge in [-0.15, -0.1) is 0 Å². The van der Waals surface area contributed by atoms with Crippen LogP contribution in [0.2, 0.25) is 0 Å². The summed E-state index contributed by atoms with van der Waals surface area (Å²) in [7, 11) is 3.26. The van der Waals surface area contributed by atoms with Crippen LogP contribution in [-0.2, 0) is 11.2 Å². The summed E-state index contributed by atoms with van der Waals surface area (Å²) in [6, 6.07) is 5.92. The Balaban J connectivity index is 2.28. The Bertz CT molecular complexity index is 438. The molecule has 5 heteroatoms. The number of benzene rings is 1. The fraction of sp³-hybridized carbons (Fsp3) is 0.562. The monoisotopic (exact) mass is 311 g/mol. The molecule has 21 heavy (non-hydrogen) atoms. The van der Waals surface area contributed by atoms with E-state index in [9.17, 15) is 4.79 Å². The van der Waals surface area contributed by atoms with Crippen LogP contribution < -0.4 is 14.8 Å². The lowest BCUT2D eigenvalue weighted by molar-refractivity contribution is -0.120. The van der Waals surface area contributed by atoms with Crippen LogP contribution >= 0.6 is 11.8 Å². The third kappa shape index (κ3) is 6.76. The number of methoxy groups -OCH3 is 2. The number of aryl methyl sites for hydroxylation is 1. The Hall–Kier alpha value is -1.36. The summed E-state index contributed by atoms with van der Waals surface area (Å²) in [4.78, 5) is 11.6. The van der Waals surface area contributed by atoms with Crippen molar-refractivity contribution in [3.63, 3.8) is 0 Å². The summed E-state index contributed by atoms with van der Waals surface area (Å²) in [5.41, 5.74) is 1.18. The van der Waals surface area contributed by atoms with E-state index in [-0.39, 0.29) is 5.91 Å². The topological polar surface area (TPSA) is 47.6 Å². The van der Waals surface area contributed by atoms with Gasteiger partial charge in [-0.05, 0) is 36.3 Å². The third-order valence-electron chi connectivity index (χ3n) is 3.09. The minimum Gasteiger partial charge on any atom is -0.493 e. The second kappa shape index (κ2) is 10.4. The van der Waals surface area contributed by atoms with E-state index in [1.54, 1.807) is 26.0 Å². The molecule has 0 saturated heterocycles. The molecule has 0 aliphatic carbocycles. The molecule has 0 atom stereocenters. The molecular formula is C16H25NO3S. The van der Waals surface area contributed by atoms with Gasteiger partial charge >= 0.3 is 0 Å². The molecule has 1 aromatic carbocycles. The van der Waals surface area contributed by atoms with Gasteiger partial charge in [-0.25, -0.2) is 0 Å². The molecule has 0 spiro atoms. The molecule has 118 valence electrons. The van der Waals surface area contributed by atoms with E-state index in [1.165, 1.54) is 5.56 Å². The molecule has 0 heterocycles. The van der Waals surface area contributed by atoms with Crippen molar-refractivity contribution in [2.75, 3.05) is 32.3 Å². The van der Waals surface area contributed by atoms with Crippen LogP contribution in [-0.4, -0.2) is 38.2 Å². The second-order valence-electron chi connectivity index (χ2n) is 4.59. The summed E-state index contributed by atoms with van der Waals surface area (Å²) < 4.78 is 10.5. The Morgan fingerprint density at radius 3 is 2.67 bits per heavy atom. The van der Waals surface area contributed by atoms with Crippen molar-refractivity contribution < 1.29 is 14.3 Å². The number of carbonyl (C=O) groups is 1. The smallest absolute Gasteiger partial charge is 0.220 e. The van der Waals surface area contributed by atoms with Crippen molar-refractivity contribution in [1.82, 2.24) is 5.32 Å². The zero-order chi connectivity index (χ0) is 15.5. The first-order chi connectivity index (χ1) is 10.2. The summed E-state index contributed by atoms with van der Waals surface area (Å²) in [6.45, 7) is 2.82. The number of nitrogens with one attached hydrogen (secondary N) is 1. The first-order valence-corrected chi connectivity index (χ1v) is 8.42. The molecule has 0 aliphatic heterocycles. The molecular weight excluding hydrogens is 286 g/mol. The quantitative estimate of drug-likeness (QED) is 0.675. The van der Waals surface area contributed by atoms with Gasteiger partial charge in [-0.3, -0.25) is 4.79 Å². The van der Waals surface area contributed by atoms with Crippen molar-refractivity contribution >= 4 is 17.7 Å². The number of hydrogen-bond acceptors (Lipinski definition) is 4. The highest BCUT2D eigenvalue weighted by atomic mass is 32.2. The van der Waals surface area contributed by atoms with Crippen molar-refractivity contribution in [3.05, 3.63) is 23.8 Å². The predicted octanol–water partition coefficient (Wildman–Crippen LogP) is 2.90. The lowest BCUT2D eigenvalue weighted by Gasteiger charge is -2.10. The Kier molecular flexibility index (Phi) is 8.74. The second-order valence-corrected chi connectivity index (χ2v) is 5.98. The standard InChI is InChI=1S/C16H25NO3S/c1-4-21-11-9-16(18)17-10-5-6-13-7-8-14(19-2)15(12-13)20-3/h7-8,12H,4-6,9-11H2,1-3H3,(H,17,18). The van der Waals surface area contributed by atoms with E-state index in [4.69, 9.17) is 9.47 Å². The first-order valence-electron chi connectivity index (χ1n) is 7.26. The Morgan fingerprint density at radius 1 is 1.24 bits per heavy atom. The highest BCUT2D eigenvalue weighted by Gasteiger charge is 2.05. The molecule has 0 fully saturated rings. The number of carbonyl (C=O) groups excluding carboxylic acids is 1. The van der Waals surface area contributed by atoms with Gasteiger partial charge in [0.1, 0.15) is 0 Å². The molecule has 0 aromatic heterocycles. The highest BCUT2D eigenvalue weighted by Crippen LogP contribution is 2.27. The van der Waals surface area contributed by atoms with Gasteiger partial charge in [-0.1, -0.05) is 13.0 Å². The van der Waals surface area contributed by atoms with Crippen molar-refractivity contribution in [1.29, 1.82) is 0 Å². The van der Waals surface area contributed by atoms with Gasteiger partial charge in [0.25, 0.3) is 0 Å². The highest BCUT2D eigenvalue weighted by molar-refractivity contribution is 7.99. The van der Waals surface area contributed by atoms with Gasteiger partial charge in [0.05, 0.1) is 14.2 Å². The van der Waals surface area contributed by atoms with Gasteiger partial charge < -0.3 is 14.8 Å². The van der Waals surface area contributed by atoms with Crippen molar-refractivity contribution in [2.45, 2.75) is 26.2 Å². The zero-order valence-corrected chi connectivity index (χ0v) is 13.9. The molecule has 4 nitrogen and oxygen atoms in total. The molecule has 1 rings (SSSR count). The number of ether oxygens (including phenoxy) is 2. The van der Waals surface area contributed by atoms with Crippen LogP contribution in [0.15, 0.2) is 18.2 Å². The fourth-order valence-corrected chi connectivity index (χ4v) is 2.57. The van der Waals surface area contributed by atoms with Gasteiger partial charge in [0.2, 0.25) is 5.91 Å². The van der Waals surface area contributed by atoms with Crippen molar-refractivity contribution in [3.8, 4) is 11.5 Å². The van der Waals surface area contributed by atoms with Crippen LogP contribution in [0, 0.1) is 0 Å². The minimum absolute atomic E-state index is 0.142. The average Bonchev–Trinajstić information content (AvgIpc) is 2.51. The number of hydrogen-bond donors (Lipinski definition) is 1. The lowest BCUT2D eigenvalue weighted by atomic mass is 10.1. The fourth-order valence-electron chi connectivity index (χ4n) is 1.95. The van der Waals surface area contributed by atoms with Gasteiger partial charge in [0.15, 0.2) is 11.5 Å². The van der Waals surface area contributed by atoms with E-state index >= 15 is 0 Å². The zero-order valence-electron chi connectivity index (χ0n) is 13.1. The van der Waals surface area contributed by atoms with Gasteiger partial charge in [-0.2, -0.15) is 11.8 Å². The summed E-state index contributed by atoms with van der Waals surface area (Å²) >= 11 is 1.79. The minimum atomic E-state index is 0.142. The largest absolute Gasteiger partial charge is 0.493 e. The Labute approximate surface area is 131 Å². The molecule has 0 radical (unpaired) electrons. The molecule has 1 amide bonds. The van der Waals surface area contributed by atoms with E-state index < -0.39 is 0 Å². The van der Waals surface area contributed by atoms with E-state index in [0.717, 1.165) is 35.8 Å². The van der Waals surface area contributed by atoms with E-state index in [0.29, 0.717) is 13.0 Å². The maximum absolute atomic E-state index is 11.6. The van der Waals surface area contributed by atoms with Crippen LogP contribution in [0.25, 0.3) is 0 Å². The molecule has 0 aliphatic rings. The first kappa shape index (κ1) is 17.7. The maximum Gasteiger partial charge on any atom is 0.220 e. The summed E-state index contributed by atoms with van der Waals surface area (Å²) in [6.07, 6.45) is 2.43. The third-order valence-corrected chi connectivity index (χ3v) is 3.99. The summed E-state index contributed by atoms with van der Waals surface area (Å²) in [5, 5.41) is 2.95. The van der Waals surface area contributed by atoms with Crippen LogP contribution in [0.1, 0.15) is 25.3 Å². The molecule has 0 unspecified atom stereocenters. The van der Waals surface area contributed by atoms with Crippen LogP contribution in [0.5, 0.6) is 11.5 Å². The molecule has 1 aromatic rings. The predicted molar refractivity (Wildman–Crippen MR) is 88.5 cm³/mol. The number of thioether (sulfide) groups is 1. The SMILES string of the molecule is CCSCCC(=O)NCCCc1ccc(OC)c(OC)c1. The number of amides is 1. The summed E-state index contributed by atoms with van der Waals surface area (Å²) in [5.74, 6) is 3.59. The van der Waals surface area contributed by atoms with Crippen LogP contribution in [0.4, 0.5) is 0 Å². The van der Waals surface area contributed by atoms with Gasteiger partial charge in [0, 0.05) is 18.7 Å². The molecule has 0 saturated carbocycles. The lowest BCUT2D eigenvalue weighted by Crippen LogP contribution is -2.25. The molecule has 1 N–H and O–H groups in total.